The molecule has 0 bridgehead atoms. The molecule has 26 nitrogen and oxygen atoms in total. The monoisotopic (exact) mass is 1210 g/mol. The summed E-state index contributed by atoms with van der Waals surface area (Å²) in [4.78, 5) is 82.5. The fourth-order valence-electron chi connectivity index (χ4n) is 14.2. The van der Waals surface area contributed by atoms with Crippen molar-refractivity contribution >= 4 is 41.5 Å². The zero-order valence-electron chi connectivity index (χ0n) is 48.5. The molecule has 8 fully saturated rings. The van der Waals surface area contributed by atoms with E-state index in [4.69, 9.17) is 14.2 Å². The smallest absolute Gasteiger partial charge is 0.414 e. The van der Waals surface area contributed by atoms with Crippen molar-refractivity contribution in [3.63, 3.8) is 0 Å². The number of aromatic nitrogens is 8. The summed E-state index contributed by atoms with van der Waals surface area (Å²) in [5.41, 5.74) is 1.18. The number of fused-ring (bicyclic) bond motifs is 2. The number of likely N-dealkylation sites (tertiary alicyclic amines) is 3. The van der Waals surface area contributed by atoms with Gasteiger partial charge in [0.25, 0.3) is 0 Å². The quantitative estimate of drug-likeness (QED) is 0.139. The van der Waals surface area contributed by atoms with Gasteiger partial charge in [-0.05, 0) is 75.7 Å². The number of benzene rings is 2. The van der Waals surface area contributed by atoms with E-state index in [-0.39, 0.29) is 110 Å². The number of nitrogens with zero attached hydrogens (tertiary/aromatic N) is 15. The molecule has 28 heteroatoms. The Morgan fingerprint density at radius 2 is 1.16 bits per heavy atom. The molecule has 14 rings (SSSR count). The van der Waals surface area contributed by atoms with E-state index < -0.39 is 82.8 Å². The first-order valence-electron chi connectivity index (χ1n) is 29.5. The van der Waals surface area contributed by atoms with Gasteiger partial charge in [0.1, 0.15) is 57.7 Å². The van der Waals surface area contributed by atoms with Gasteiger partial charge in [-0.25, -0.2) is 32.5 Å². The summed E-state index contributed by atoms with van der Waals surface area (Å²) in [5, 5.41) is 60.9. The molecule has 0 radical (unpaired) electrons. The molecule has 2 aromatic carbocycles. The minimum absolute atomic E-state index is 0.0152. The third-order valence-corrected chi connectivity index (χ3v) is 18.7. The van der Waals surface area contributed by atoms with Gasteiger partial charge in [0, 0.05) is 97.5 Å². The summed E-state index contributed by atoms with van der Waals surface area (Å²) in [5.74, 6) is -2.13. The Morgan fingerprint density at radius 3 is 1.57 bits per heavy atom. The van der Waals surface area contributed by atoms with E-state index in [1.54, 1.807) is 85.4 Å². The summed E-state index contributed by atoms with van der Waals surface area (Å²) in [7, 11) is 0. The third-order valence-electron chi connectivity index (χ3n) is 18.7. The number of amides is 5. The molecule has 4 unspecified atom stereocenters. The molecule has 10 atom stereocenters. The number of ether oxygens (including phenoxy) is 3. The van der Waals surface area contributed by atoms with Gasteiger partial charge in [0.05, 0.1) is 98.3 Å². The topological polar surface area (TPSA) is 317 Å². The number of pyridine rings is 2. The highest BCUT2D eigenvalue weighted by atomic mass is 19.1. The Labute approximate surface area is 507 Å². The maximum Gasteiger partial charge on any atom is 0.414 e. The van der Waals surface area contributed by atoms with Crippen molar-refractivity contribution in [3.8, 4) is 45.8 Å². The van der Waals surface area contributed by atoms with Gasteiger partial charge in [-0.3, -0.25) is 34.3 Å². The van der Waals surface area contributed by atoms with Crippen LogP contribution in [0.5, 0.6) is 0 Å². The van der Waals surface area contributed by atoms with Crippen LogP contribution >= 0.6 is 0 Å². The number of halogens is 2. The second-order valence-corrected chi connectivity index (χ2v) is 25.3. The summed E-state index contributed by atoms with van der Waals surface area (Å²) in [6.45, 7) is 7.34. The van der Waals surface area contributed by atoms with Gasteiger partial charge < -0.3 is 39.5 Å². The normalized spacial score (nSPS) is 29.2. The number of cyclic esters (lactones) is 2. The van der Waals surface area contributed by atoms with E-state index in [1.807, 2.05) is 0 Å². The lowest BCUT2D eigenvalue weighted by atomic mass is 9.95. The van der Waals surface area contributed by atoms with Crippen molar-refractivity contribution in [1.29, 1.82) is 10.5 Å². The molecule has 2 aliphatic carbocycles. The number of carbonyl (C=O) groups is 5. The Hall–Kier alpha value is -9.51. The molecule has 6 saturated heterocycles. The number of aliphatic hydroxyl groups is 2. The Morgan fingerprint density at radius 1 is 0.674 bits per heavy atom. The van der Waals surface area contributed by atoms with Crippen LogP contribution in [0, 0.1) is 58.0 Å². The van der Waals surface area contributed by atoms with E-state index in [9.17, 15) is 44.7 Å². The number of rotatable bonds is 13. The molecule has 6 aromatic rings. The number of β-amino-alcohol motifs (C(OH)–C–C–N with tert-alkyl or cyclic N) is 2. The van der Waals surface area contributed by atoms with Gasteiger partial charge in [0.15, 0.2) is 0 Å². The standard InChI is InChI=1S/C61H60F2N16O10/c1-59(2,3)89-58(86)79-19-37(81)15-51(79)55(83)74-26-44-45(27-74)61(44,31-65)53-11-5-33(17-68-53)41-9-7-35(13-47(41)63)78-23-39(88-57(78)85)21-76-29-50(70-72-76)49-28-75(71-69-49)20-38-22-77(56(84)87-38)34-6-8-40(46(62)12-34)32-4-10-52(67-16-32)60(30-64)42-24-73(25-43(42)60)54(82)48-14-36(80)18-66-48/h4-13,16-17,28-29,36-39,42-45,48,51,66,80-81H,14-15,18-27H2,1-3H3/t36-,37-,38+,39+,42?,43?,44?,45?,48+,51+,60?,61?/m1/s1. The number of piperidine rings is 2. The molecule has 8 aliphatic rings. The first kappa shape index (κ1) is 57.2. The van der Waals surface area contributed by atoms with Crippen LogP contribution in [0.2, 0.25) is 0 Å². The third kappa shape index (κ3) is 9.98. The van der Waals surface area contributed by atoms with Crippen molar-refractivity contribution in [1.82, 2.24) is 60.0 Å². The zero-order valence-corrected chi connectivity index (χ0v) is 48.5. The Balaban J connectivity index is 0.549. The molecule has 5 amide bonds. The van der Waals surface area contributed by atoms with Crippen LogP contribution in [0.1, 0.15) is 45.0 Å². The van der Waals surface area contributed by atoms with E-state index in [2.05, 4.69) is 48.0 Å². The average Bonchev–Trinajstić information content (AvgIpc) is 1.53. The highest BCUT2D eigenvalue weighted by Crippen LogP contribution is 2.64. The number of hydrogen-bond acceptors (Lipinski definition) is 19. The lowest BCUT2D eigenvalue weighted by molar-refractivity contribution is -0.135. The molecule has 89 heavy (non-hydrogen) atoms. The predicted molar refractivity (Wildman–Crippen MR) is 305 cm³/mol. The van der Waals surface area contributed by atoms with Crippen LogP contribution in [0.25, 0.3) is 33.6 Å². The van der Waals surface area contributed by atoms with E-state index >= 15 is 8.78 Å². The fraction of sp³-hybridized carbons (Fsp3) is 0.459. The number of anilines is 2. The van der Waals surface area contributed by atoms with Crippen LogP contribution in [0.15, 0.2) is 85.5 Å². The maximum absolute atomic E-state index is 15.9. The largest absolute Gasteiger partial charge is 0.444 e. The molecule has 4 aromatic heterocycles. The molecular formula is C61H60F2N16O10. The average molecular weight is 1220 g/mol. The summed E-state index contributed by atoms with van der Waals surface area (Å²) < 4.78 is 51.5. The molecule has 458 valence electrons. The first-order valence-corrected chi connectivity index (χ1v) is 29.5. The number of carbonyl (C=O) groups excluding carboxylic acids is 5. The van der Waals surface area contributed by atoms with Crippen molar-refractivity contribution < 1.29 is 57.2 Å². The highest BCUT2D eigenvalue weighted by molar-refractivity contribution is 5.91. The Kier molecular flexibility index (Phi) is 13.7. The van der Waals surface area contributed by atoms with Crippen LogP contribution < -0.4 is 15.1 Å². The maximum atomic E-state index is 15.9. The number of aliphatic hydroxyl groups excluding tert-OH is 2. The molecule has 2 saturated carbocycles. The second kappa shape index (κ2) is 21.4. The zero-order chi connectivity index (χ0) is 62.0. The summed E-state index contributed by atoms with van der Waals surface area (Å²) in [6, 6.07) is 19.2. The van der Waals surface area contributed by atoms with Crippen LogP contribution in [-0.4, -0.2) is 189 Å². The minimum Gasteiger partial charge on any atom is -0.444 e. The summed E-state index contributed by atoms with van der Waals surface area (Å²) >= 11 is 0. The van der Waals surface area contributed by atoms with Gasteiger partial charge in [0.2, 0.25) is 11.8 Å². The van der Waals surface area contributed by atoms with Crippen molar-refractivity contribution in [3.05, 3.63) is 108 Å². The van der Waals surface area contributed by atoms with Gasteiger partial charge in [-0.15, -0.1) is 10.2 Å². The molecule has 3 N–H and O–H groups in total. The van der Waals surface area contributed by atoms with Gasteiger partial charge in [-0.2, -0.15) is 10.5 Å². The highest BCUT2D eigenvalue weighted by Gasteiger charge is 2.73. The lowest BCUT2D eigenvalue weighted by Gasteiger charge is -2.31. The van der Waals surface area contributed by atoms with Crippen molar-refractivity contribution in [2.45, 2.75) is 99.6 Å². The van der Waals surface area contributed by atoms with E-state index in [0.717, 1.165) is 0 Å². The predicted octanol–water partition coefficient (Wildman–Crippen LogP) is 3.78. The van der Waals surface area contributed by atoms with Crippen LogP contribution in [0.3, 0.4) is 0 Å². The number of nitrogens with one attached hydrogen (secondary N) is 1. The second-order valence-electron chi connectivity index (χ2n) is 25.3. The fourth-order valence-corrected chi connectivity index (χ4v) is 14.2. The molecular weight excluding hydrogens is 1150 g/mol. The molecule has 0 spiro atoms. The Bertz CT molecular complexity index is 3930. The van der Waals surface area contributed by atoms with Gasteiger partial charge in [-0.1, -0.05) is 22.6 Å². The minimum atomic E-state index is -0.947. The van der Waals surface area contributed by atoms with Crippen molar-refractivity contribution in [2.24, 2.45) is 23.7 Å². The summed E-state index contributed by atoms with van der Waals surface area (Å²) in [6.07, 6.45) is 1.91. The number of nitriles is 2. The van der Waals surface area contributed by atoms with E-state index in [1.165, 1.54) is 54.7 Å². The number of hydrogen-bond donors (Lipinski definition) is 3. The SMILES string of the molecule is CC(C)(C)OC(=O)N1C[C@H](O)C[C@H]1C(=O)N1CC2C(C1)C2(C#N)c1ccc(-c2ccc(N3C[C@H](Cn4cc(-c5cn(C[C@H]6CN(c7ccc(-c8ccc(C9(C#N)C%10CN(C(=O)[C@@H]%11C[C@@H](O)CN%11)CC%109)nc8)c(F)c7)C(=O)O6)nn5)nn4)OC3=O)cc2F)cn1. The first-order chi connectivity index (χ1) is 42.7. The molecule has 6 aliphatic heterocycles. The van der Waals surface area contributed by atoms with Crippen LogP contribution in [-0.2, 0) is 47.7 Å². The lowest BCUT2D eigenvalue weighted by Crippen LogP contribution is -2.49. The van der Waals surface area contributed by atoms with E-state index in [0.29, 0.717) is 60.0 Å². The van der Waals surface area contributed by atoms with Gasteiger partial charge >= 0.3 is 18.3 Å². The van der Waals surface area contributed by atoms with Crippen molar-refractivity contribution in [2.75, 3.05) is 62.2 Å². The van der Waals surface area contributed by atoms with Crippen LogP contribution in [0.4, 0.5) is 34.5 Å². The molecule has 10 heterocycles.